The summed E-state index contributed by atoms with van der Waals surface area (Å²) in [6.07, 6.45) is 1.76. The molecule has 3 rings (SSSR count). The molecule has 3 aromatic rings. The third-order valence-electron chi connectivity index (χ3n) is 4.16. The molecule has 0 bridgehead atoms. The maximum absolute atomic E-state index is 12.4. The molecule has 0 saturated heterocycles. The first-order chi connectivity index (χ1) is 11.6. The zero-order chi connectivity index (χ0) is 17.1. The summed E-state index contributed by atoms with van der Waals surface area (Å²) >= 11 is 0. The summed E-state index contributed by atoms with van der Waals surface area (Å²) < 4.78 is 1.83. The summed E-state index contributed by atoms with van der Waals surface area (Å²) in [6, 6.07) is 17.4. The fourth-order valence-corrected chi connectivity index (χ4v) is 2.93. The Bertz CT molecular complexity index is 881. The molecule has 1 atom stereocenters. The number of amides is 1. The first-order valence-corrected chi connectivity index (χ1v) is 7.99. The molecule has 0 fully saturated rings. The molecular weight excluding hydrogens is 300 g/mol. The molecule has 0 aliphatic heterocycles. The van der Waals surface area contributed by atoms with Crippen LogP contribution in [0.2, 0.25) is 0 Å². The van der Waals surface area contributed by atoms with Crippen molar-refractivity contribution < 1.29 is 9.59 Å². The molecule has 1 N–H and O–H groups in total. The van der Waals surface area contributed by atoms with E-state index in [1.807, 2.05) is 66.1 Å². The Morgan fingerprint density at radius 3 is 2.42 bits per heavy atom. The minimum Gasteiger partial charge on any atom is -0.348 e. The van der Waals surface area contributed by atoms with E-state index in [9.17, 15) is 9.59 Å². The number of hydrogen-bond donors (Lipinski definition) is 1. The first-order valence-electron chi connectivity index (χ1n) is 7.99. The molecule has 4 nitrogen and oxygen atoms in total. The van der Waals surface area contributed by atoms with Gasteiger partial charge < -0.3 is 9.88 Å². The normalized spacial score (nSPS) is 12.1. The topological polar surface area (TPSA) is 51.1 Å². The van der Waals surface area contributed by atoms with Crippen molar-refractivity contribution in [3.63, 3.8) is 0 Å². The second kappa shape index (κ2) is 6.71. The van der Waals surface area contributed by atoms with E-state index in [-0.39, 0.29) is 24.3 Å². The molecule has 0 aliphatic rings. The second-order valence-electron chi connectivity index (χ2n) is 5.94. The number of carbonyl (C=O) groups excluding carboxylic acids is 2. The number of nitrogens with one attached hydrogen (secondary N) is 1. The van der Waals surface area contributed by atoms with E-state index in [4.69, 9.17) is 0 Å². The highest BCUT2D eigenvalue weighted by Crippen LogP contribution is 2.22. The predicted molar refractivity (Wildman–Crippen MR) is 94.9 cm³/mol. The van der Waals surface area contributed by atoms with Crippen molar-refractivity contribution in [3.8, 4) is 0 Å². The maximum Gasteiger partial charge on any atom is 0.240 e. The Morgan fingerprint density at radius 2 is 1.71 bits per heavy atom. The van der Waals surface area contributed by atoms with Crippen LogP contribution < -0.4 is 5.32 Å². The molecule has 1 amide bonds. The molecule has 1 heterocycles. The highest BCUT2D eigenvalue weighted by Gasteiger charge is 2.15. The quantitative estimate of drug-likeness (QED) is 0.728. The van der Waals surface area contributed by atoms with Gasteiger partial charge in [0.2, 0.25) is 5.91 Å². The van der Waals surface area contributed by atoms with Crippen LogP contribution in [0.15, 0.2) is 60.8 Å². The molecule has 0 spiro atoms. The summed E-state index contributed by atoms with van der Waals surface area (Å²) in [4.78, 5) is 24.2. The summed E-state index contributed by atoms with van der Waals surface area (Å²) in [7, 11) is 0. The molecule has 122 valence electrons. The molecule has 0 radical (unpaired) electrons. The molecule has 4 heteroatoms. The number of aromatic nitrogens is 1. The Balaban J connectivity index is 1.80. The number of carbonyl (C=O) groups is 2. The zero-order valence-electron chi connectivity index (χ0n) is 13.8. The SMILES string of the molecule is CC(=O)c1cn(CC(=O)N[C@@H](C)c2ccccc2)c2ccccc12. The predicted octanol–water partition coefficient (Wildman–Crippen LogP) is 3.72. The summed E-state index contributed by atoms with van der Waals surface area (Å²) in [5, 5.41) is 3.89. The average molecular weight is 320 g/mol. The van der Waals surface area contributed by atoms with Gasteiger partial charge in [-0.15, -0.1) is 0 Å². The van der Waals surface area contributed by atoms with E-state index in [0.29, 0.717) is 5.56 Å². The highest BCUT2D eigenvalue weighted by atomic mass is 16.2. The third-order valence-corrected chi connectivity index (χ3v) is 4.16. The molecule has 1 aromatic heterocycles. The molecular formula is C20H20N2O2. The minimum atomic E-state index is -0.0813. The van der Waals surface area contributed by atoms with Crippen molar-refractivity contribution in [1.82, 2.24) is 9.88 Å². The maximum atomic E-state index is 12.4. The monoisotopic (exact) mass is 320 g/mol. The number of benzene rings is 2. The number of fused-ring (bicyclic) bond motifs is 1. The van der Waals surface area contributed by atoms with Gasteiger partial charge in [0.15, 0.2) is 5.78 Å². The van der Waals surface area contributed by atoms with Crippen molar-refractivity contribution in [1.29, 1.82) is 0 Å². The lowest BCUT2D eigenvalue weighted by Crippen LogP contribution is -2.29. The minimum absolute atomic E-state index is 0.00279. The van der Waals surface area contributed by atoms with Crippen LogP contribution in [0.5, 0.6) is 0 Å². The zero-order valence-corrected chi connectivity index (χ0v) is 13.8. The number of ketones is 1. The number of hydrogen-bond acceptors (Lipinski definition) is 2. The van der Waals surface area contributed by atoms with Crippen LogP contribution in [0.3, 0.4) is 0 Å². The third kappa shape index (κ3) is 3.23. The molecule has 0 saturated carbocycles. The number of para-hydroxylation sites is 1. The Kier molecular flexibility index (Phi) is 4.47. The summed E-state index contributed by atoms with van der Waals surface area (Å²) in [6.45, 7) is 3.69. The van der Waals surface area contributed by atoms with Gasteiger partial charge in [-0.25, -0.2) is 0 Å². The number of Topliss-reactive ketones (excluding diaryl/α,β-unsaturated/α-hetero) is 1. The fourth-order valence-electron chi connectivity index (χ4n) is 2.93. The smallest absolute Gasteiger partial charge is 0.240 e. The Labute approximate surface area is 141 Å². The van der Waals surface area contributed by atoms with Crippen molar-refractivity contribution in [2.24, 2.45) is 0 Å². The van der Waals surface area contributed by atoms with Gasteiger partial charge in [0.25, 0.3) is 0 Å². The number of rotatable bonds is 5. The van der Waals surface area contributed by atoms with Gasteiger partial charge in [0, 0.05) is 22.7 Å². The Hall–Kier alpha value is -2.88. The van der Waals surface area contributed by atoms with E-state index in [0.717, 1.165) is 16.5 Å². The fraction of sp³-hybridized carbons (Fsp3) is 0.200. The van der Waals surface area contributed by atoms with Crippen LogP contribution in [0.4, 0.5) is 0 Å². The van der Waals surface area contributed by atoms with Crippen LogP contribution in [0.1, 0.15) is 35.8 Å². The molecule has 0 unspecified atom stereocenters. The standard InChI is InChI=1S/C20H20N2O2/c1-14(16-8-4-3-5-9-16)21-20(24)13-22-12-18(15(2)23)17-10-6-7-11-19(17)22/h3-12,14H,13H2,1-2H3,(H,21,24)/t14-/m0/s1. The average Bonchev–Trinajstić information content (AvgIpc) is 2.94. The largest absolute Gasteiger partial charge is 0.348 e. The highest BCUT2D eigenvalue weighted by molar-refractivity contribution is 6.07. The van der Waals surface area contributed by atoms with Crippen LogP contribution >= 0.6 is 0 Å². The molecule has 0 aliphatic carbocycles. The van der Waals surface area contributed by atoms with E-state index in [1.54, 1.807) is 13.1 Å². The van der Waals surface area contributed by atoms with E-state index >= 15 is 0 Å². The van der Waals surface area contributed by atoms with Crippen LogP contribution in [-0.2, 0) is 11.3 Å². The Morgan fingerprint density at radius 1 is 1.04 bits per heavy atom. The second-order valence-corrected chi connectivity index (χ2v) is 5.94. The van der Waals surface area contributed by atoms with Gasteiger partial charge in [-0.1, -0.05) is 48.5 Å². The van der Waals surface area contributed by atoms with Gasteiger partial charge in [-0.05, 0) is 25.5 Å². The van der Waals surface area contributed by atoms with Crippen LogP contribution in [0.25, 0.3) is 10.9 Å². The van der Waals surface area contributed by atoms with Gasteiger partial charge in [0.05, 0.1) is 6.04 Å². The summed E-state index contributed by atoms with van der Waals surface area (Å²) in [5.41, 5.74) is 2.60. The van der Waals surface area contributed by atoms with Gasteiger partial charge in [-0.3, -0.25) is 9.59 Å². The van der Waals surface area contributed by atoms with E-state index in [2.05, 4.69) is 5.32 Å². The molecule has 24 heavy (non-hydrogen) atoms. The lowest BCUT2D eigenvalue weighted by molar-refractivity contribution is -0.122. The summed E-state index contributed by atoms with van der Waals surface area (Å²) in [5.74, 6) is -0.0785. The van der Waals surface area contributed by atoms with E-state index < -0.39 is 0 Å². The van der Waals surface area contributed by atoms with Crippen molar-refractivity contribution in [2.45, 2.75) is 26.4 Å². The van der Waals surface area contributed by atoms with Gasteiger partial charge in [0.1, 0.15) is 6.54 Å². The van der Waals surface area contributed by atoms with Gasteiger partial charge >= 0.3 is 0 Å². The van der Waals surface area contributed by atoms with Crippen molar-refractivity contribution >= 4 is 22.6 Å². The number of nitrogens with zero attached hydrogens (tertiary/aromatic N) is 1. The van der Waals surface area contributed by atoms with Crippen molar-refractivity contribution in [3.05, 3.63) is 71.9 Å². The first kappa shape index (κ1) is 16.0. The lowest BCUT2D eigenvalue weighted by Gasteiger charge is -2.15. The van der Waals surface area contributed by atoms with E-state index in [1.165, 1.54) is 0 Å². The van der Waals surface area contributed by atoms with Crippen LogP contribution in [0, 0.1) is 0 Å². The van der Waals surface area contributed by atoms with Crippen molar-refractivity contribution in [2.75, 3.05) is 0 Å². The van der Waals surface area contributed by atoms with Crippen LogP contribution in [-0.4, -0.2) is 16.3 Å². The molecule has 2 aromatic carbocycles. The lowest BCUT2D eigenvalue weighted by atomic mass is 10.1. The van der Waals surface area contributed by atoms with Gasteiger partial charge in [-0.2, -0.15) is 0 Å².